The van der Waals surface area contributed by atoms with Crippen LogP contribution in [0.2, 0.25) is 0 Å². The molecule has 8 nitrogen and oxygen atoms in total. The summed E-state index contributed by atoms with van der Waals surface area (Å²) >= 11 is 1.37. The van der Waals surface area contributed by atoms with E-state index in [1.807, 2.05) is 62.4 Å². The molecule has 1 atom stereocenters. The van der Waals surface area contributed by atoms with Gasteiger partial charge >= 0.3 is 5.97 Å². The highest BCUT2D eigenvalue weighted by Gasteiger charge is 2.43. The number of aryl methyl sites for hydroxylation is 2. The van der Waals surface area contributed by atoms with Gasteiger partial charge in [0.2, 0.25) is 0 Å². The van der Waals surface area contributed by atoms with Crippen LogP contribution in [0.3, 0.4) is 0 Å². The summed E-state index contributed by atoms with van der Waals surface area (Å²) in [6.07, 6.45) is 0.724. The number of rotatable bonds is 7. The predicted molar refractivity (Wildman–Crippen MR) is 156 cm³/mol. The van der Waals surface area contributed by atoms with E-state index in [9.17, 15) is 14.9 Å². The Morgan fingerprint density at radius 1 is 1.17 bits per heavy atom. The molecule has 0 spiro atoms. The van der Waals surface area contributed by atoms with E-state index in [1.165, 1.54) is 16.7 Å². The second kappa shape index (κ2) is 11.9. The SMILES string of the molecule is CCOC(=O)C1=C2CSc3nc(CC)c(C)cc3C(=O)N2C(N)=C(C#N)C1c1ccc(OCc2ccccc2)cc1. The minimum atomic E-state index is -0.816. The molecule has 0 aliphatic carbocycles. The zero-order chi connectivity index (χ0) is 29.1. The van der Waals surface area contributed by atoms with E-state index < -0.39 is 17.8 Å². The molecule has 0 fully saturated rings. The normalized spacial score (nSPS) is 16.5. The number of nitriles is 1. The lowest BCUT2D eigenvalue weighted by molar-refractivity contribution is -0.138. The molecule has 2 aliphatic rings. The third-order valence-corrected chi connectivity index (χ3v) is 8.15. The lowest BCUT2D eigenvalue weighted by Gasteiger charge is -2.35. The van der Waals surface area contributed by atoms with Crippen LogP contribution in [0.15, 0.2) is 88.4 Å². The van der Waals surface area contributed by atoms with Crippen molar-refractivity contribution >= 4 is 23.6 Å². The van der Waals surface area contributed by atoms with Crippen molar-refractivity contribution in [1.82, 2.24) is 9.88 Å². The number of allylic oxidation sites excluding steroid dienone is 1. The Bertz CT molecular complexity index is 1610. The van der Waals surface area contributed by atoms with Gasteiger partial charge in [0.15, 0.2) is 0 Å². The van der Waals surface area contributed by atoms with Crippen molar-refractivity contribution in [3.05, 3.63) is 111 Å². The molecule has 1 unspecified atom stereocenters. The van der Waals surface area contributed by atoms with E-state index in [1.54, 1.807) is 19.1 Å². The number of nitrogens with two attached hydrogens (primary N) is 1. The topological polar surface area (TPSA) is 119 Å². The van der Waals surface area contributed by atoms with E-state index in [-0.39, 0.29) is 29.3 Å². The molecule has 1 amide bonds. The molecule has 0 saturated heterocycles. The monoisotopic (exact) mass is 566 g/mol. The van der Waals surface area contributed by atoms with Gasteiger partial charge in [-0.3, -0.25) is 9.69 Å². The molecule has 0 bridgehead atoms. The van der Waals surface area contributed by atoms with E-state index in [4.69, 9.17) is 20.2 Å². The molecular weight excluding hydrogens is 536 g/mol. The Kier molecular flexibility index (Phi) is 8.13. The zero-order valence-electron chi connectivity index (χ0n) is 23.1. The van der Waals surface area contributed by atoms with Crippen molar-refractivity contribution in [3.63, 3.8) is 0 Å². The van der Waals surface area contributed by atoms with Crippen molar-refractivity contribution in [2.75, 3.05) is 12.4 Å². The summed E-state index contributed by atoms with van der Waals surface area (Å²) in [5, 5.41) is 10.9. The zero-order valence-corrected chi connectivity index (χ0v) is 24.0. The Morgan fingerprint density at radius 3 is 2.56 bits per heavy atom. The molecule has 0 radical (unpaired) electrons. The van der Waals surface area contributed by atoms with Gasteiger partial charge in [0, 0.05) is 17.1 Å². The maximum Gasteiger partial charge on any atom is 0.336 e. The predicted octanol–water partition coefficient (Wildman–Crippen LogP) is 5.39. The van der Waals surface area contributed by atoms with Gasteiger partial charge in [0.05, 0.1) is 35.3 Å². The maximum absolute atomic E-state index is 13.9. The fourth-order valence-corrected chi connectivity index (χ4v) is 6.16. The van der Waals surface area contributed by atoms with Crippen LogP contribution in [0.4, 0.5) is 0 Å². The van der Waals surface area contributed by atoms with Crippen LogP contribution in [0.5, 0.6) is 5.75 Å². The Morgan fingerprint density at radius 2 is 1.90 bits per heavy atom. The highest BCUT2D eigenvalue weighted by atomic mass is 32.2. The van der Waals surface area contributed by atoms with Gasteiger partial charge < -0.3 is 15.2 Å². The van der Waals surface area contributed by atoms with Gasteiger partial charge in [0.25, 0.3) is 5.91 Å². The Balaban J connectivity index is 1.58. The van der Waals surface area contributed by atoms with Crippen molar-refractivity contribution < 1.29 is 19.1 Å². The van der Waals surface area contributed by atoms with Gasteiger partial charge in [-0.2, -0.15) is 5.26 Å². The first-order valence-corrected chi connectivity index (χ1v) is 14.4. The van der Waals surface area contributed by atoms with Gasteiger partial charge in [-0.15, -0.1) is 0 Å². The molecule has 2 aliphatic heterocycles. The first kappa shape index (κ1) is 28.0. The summed E-state index contributed by atoms with van der Waals surface area (Å²) in [5.74, 6) is -0.946. The quantitative estimate of drug-likeness (QED) is 0.378. The van der Waals surface area contributed by atoms with Crippen LogP contribution >= 0.6 is 11.8 Å². The van der Waals surface area contributed by atoms with Crippen LogP contribution in [0.1, 0.15) is 52.5 Å². The highest BCUT2D eigenvalue weighted by Crippen LogP contribution is 2.45. The number of carbonyl (C=O) groups is 2. The molecule has 1 aromatic heterocycles. The minimum Gasteiger partial charge on any atom is -0.489 e. The summed E-state index contributed by atoms with van der Waals surface area (Å²) in [4.78, 5) is 33.5. The lowest BCUT2D eigenvalue weighted by atomic mass is 9.81. The molecule has 208 valence electrons. The standard InChI is InChI=1S/C32H30N4O4S/c1-4-25-19(3)15-23-30(35-25)41-18-26-28(32(38)39-5-2)27(24(16-33)29(34)36(26)31(23)37)21-11-13-22(14-12-21)40-17-20-9-7-6-8-10-20/h6-15,27H,4-5,17-18,34H2,1-3H3. The molecule has 3 heterocycles. The number of ether oxygens (including phenoxy) is 2. The highest BCUT2D eigenvalue weighted by molar-refractivity contribution is 7.99. The molecule has 2 aromatic carbocycles. The molecular formula is C32H30N4O4S. The summed E-state index contributed by atoms with van der Waals surface area (Å²) in [5.41, 5.74) is 11.2. The van der Waals surface area contributed by atoms with Crippen molar-refractivity contribution in [3.8, 4) is 11.8 Å². The van der Waals surface area contributed by atoms with Crippen molar-refractivity contribution in [2.45, 2.75) is 44.7 Å². The molecule has 0 saturated carbocycles. The number of carbonyl (C=O) groups excluding carboxylic acids is 2. The number of fused-ring (bicyclic) bond motifs is 2. The second-order valence-electron chi connectivity index (χ2n) is 9.66. The van der Waals surface area contributed by atoms with Crippen LogP contribution < -0.4 is 10.5 Å². The number of pyridine rings is 1. The average molecular weight is 567 g/mol. The summed E-state index contributed by atoms with van der Waals surface area (Å²) in [6, 6.07) is 21.0. The molecule has 41 heavy (non-hydrogen) atoms. The number of aromatic nitrogens is 1. The van der Waals surface area contributed by atoms with Crippen LogP contribution in [-0.2, 0) is 22.6 Å². The lowest BCUT2D eigenvalue weighted by Crippen LogP contribution is -2.41. The summed E-state index contributed by atoms with van der Waals surface area (Å²) < 4.78 is 11.4. The van der Waals surface area contributed by atoms with E-state index in [0.29, 0.717) is 34.2 Å². The van der Waals surface area contributed by atoms with E-state index >= 15 is 0 Å². The van der Waals surface area contributed by atoms with Gasteiger partial charge in [-0.05, 0) is 55.2 Å². The molecule has 3 aromatic rings. The smallest absolute Gasteiger partial charge is 0.336 e. The van der Waals surface area contributed by atoms with Gasteiger partial charge in [0.1, 0.15) is 23.2 Å². The number of thioether (sulfide) groups is 1. The fourth-order valence-electron chi connectivity index (χ4n) is 5.13. The number of esters is 1. The largest absolute Gasteiger partial charge is 0.489 e. The summed E-state index contributed by atoms with van der Waals surface area (Å²) in [6.45, 7) is 6.18. The Labute approximate surface area is 243 Å². The third kappa shape index (κ3) is 5.31. The molecule has 5 rings (SSSR count). The summed E-state index contributed by atoms with van der Waals surface area (Å²) in [7, 11) is 0. The fraction of sp³-hybridized carbons (Fsp3) is 0.250. The maximum atomic E-state index is 13.9. The number of amides is 1. The molecule has 9 heteroatoms. The van der Waals surface area contributed by atoms with E-state index in [0.717, 1.165) is 23.2 Å². The van der Waals surface area contributed by atoms with Gasteiger partial charge in [-0.1, -0.05) is 61.2 Å². The molecule has 2 N–H and O–H groups in total. The average Bonchev–Trinajstić information content (AvgIpc) is 3.12. The van der Waals surface area contributed by atoms with Crippen LogP contribution in [0.25, 0.3) is 0 Å². The number of nitrogens with zero attached hydrogens (tertiary/aromatic N) is 3. The second-order valence-corrected chi connectivity index (χ2v) is 10.6. The van der Waals surface area contributed by atoms with Crippen molar-refractivity contribution in [1.29, 1.82) is 5.26 Å². The number of benzene rings is 2. The number of hydrogen-bond acceptors (Lipinski definition) is 8. The third-order valence-electron chi connectivity index (χ3n) is 7.15. The van der Waals surface area contributed by atoms with Gasteiger partial charge in [-0.25, -0.2) is 9.78 Å². The van der Waals surface area contributed by atoms with E-state index in [2.05, 4.69) is 6.07 Å². The Hall–Kier alpha value is -4.55. The van der Waals surface area contributed by atoms with Crippen molar-refractivity contribution in [2.24, 2.45) is 5.73 Å². The first-order valence-electron chi connectivity index (χ1n) is 13.4. The van der Waals surface area contributed by atoms with Crippen LogP contribution in [-0.4, -0.2) is 34.1 Å². The minimum absolute atomic E-state index is 0.000578. The number of hydrogen-bond donors (Lipinski definition) is 1. The first-order chi connectivity index (χ1) is 19.9. The van der Waals surface area contributed by atoms with Crippen LogP contribution in [0, 0.1) is 18.3 Å².